The van der Waals surface area contributed by atoms with Gasteiger partial charge in [-0.25, -0.2) is 14.0 Å². The first kappa shape index (κ1) is 24.4. The van der Waals surface area contributed by atoms with Crippen molar-refractivity contribution in [2.45, 2.75) is 51.7 Å². The van der Waals surface area contributed by atoms with Gasteiger partial charge in [0.05, 0.1) is 48.5 Å². The number of aromatic nitrogens is 4. The SMILES string of the molecule is CC(C)(C)OC(=O)N1CCOC(c2cnn(-c3cc4c(N5CC[C@@](C#N)(C6CC6)C5=O)ccnn4c3)c2)C1. The Hall–Kier alpha value is -3.91. The van der Waals surface area contributed by atoms with Gasteiger partial charge >= 0.3 is 6.09 Å². The summed E-state index contributed by atoms with van der Waals surface area (Å²) in [7, 11) is 0. The normalized spacial score (nSPS) is 24.2. The number of ether oxygens (including phenoxy) is 2. The van der Waals surface area contributed by atoms with Crippen molar-refractivity contribution in [1.29, 1.82) is 5.26 Å². The average molecular weight is 518 g/mol. The van der Waals surface area contributed by atoms with E-state index in [0.29, 0.717) is 32.7 Å². The number of carbonyl (C=O) groups is 2. The number of fused-ring (bicyclic) bond motifs is 1. The van der Waals surface area contributed by atoms with E-state index in [4.69, 9.17) is 9.47 Å². The van der Waals surface area contributed by atoms with Crippen LogP contribution in [0.4, 0.5) is 10.5 Å². The van der Waals surface area contributed by atoms with Crippen molar-refractivity contribution in [3.8, 4) is 11.8 Å². The van der Waals surface area contributed by atoms with Gasteiger partial charge in [-0.3, -0.25) is 4.79 Å². The van der Waals surface area contributed by atoms with Crippen LogP contribution in [0, 0.1) is 22.7 Å². The molecule has 2 saturated heterocycles. The zero-order chi connectivity index (χ0) is 26.7. The van der Waals surface area contributed by atoms with Crippen molar-refractivity contribution in [2.75, 3.05) is 31.1 Å². The summed E-state index contributed by atoms with van der Waals surface area (Å²) >= 11 is 0. The molecule has 0 radical (unpaired) electrons. The molecule has 0 spiro atoms. The quantitative estimate of drug-likeness (QED) is 0.520. The number of amides is 2. The molecule has 3 fully saturated rings. The predicted octanol–water partition coefficient (Wildman–Crippen LogP) is 3.49. The lowest BCUT2D eigenvalue weighted by Gasteiger charge is -2.33. The second-order valence-corrected chi connectivity index (χ2v) is 11.3. The summed E-state index contributed by atoms with van der Waals surface area (Å²) in [4.78, 5) is 29.3. The van der Waals surface area contributed by atoms with Gasteiger partial charge < -0.3 is 19.3 Å². The molecule has 198 valence electrons. The van der Waals surface area contributed by atoms with Crippen LogP contribution in [-0.4, -0.2) is 68.1 Å². The number of rotatable bonds is 4. The molecule has 11 nitrogen and oxygen atoms in total. The van der Waals surface area contributed by atoms with Crippen LogP contribution >= 0.6 is 0 Å². The van der Waals surface area contributed by atoms with Crippen LogP contribution in [0.15, 0.2) is 36.9 Å². The highest BCUT2D eigenvalue weighted by Crippen LogP contribution is 2.52. The Bertz CT molecular complexity index is 1440. The van der Waals surface area contributed by atoms with E-state index < -0.39 is 11.0 Å². The highest BCUT2D eigenvalue weighted by atomic mass is 16.6. The molecule has 2 atom stereocenters. The maximum atomic E-state index is 13.4. The Labute approximate surface area is 220 Å². The van der Waals surface area contributed by atoms with E-state index in [9.17, 15) is 14.9 Å². The van der Waals surface area contributed by atoms with Crippen LogP contribution in [0.2, 0.25) is 0 Å². The smallest absolute Gasteiger partial charge is 0.410 e. The predicted molar refractivity (Wildman–Crippen MR) is 137 cm³/mol. The molecule has 2 amide bonds. The van der Waals surface area contributed by atoms with Gasteiger partial charge in [0, 0.05) is 31.0 Å². The molecule has 5 heterocycles. The third-order valence-electron chi connectivity index (χ3n) is 7.55. The van der Waals surface area contributed by atoms with Crippen molar-refractivity contribution in [3.63, 3.8) is 0 Å². The van der Waals surface area contributed by atoms with E-state index in [-0.39, 0.29) is 24.0 Å². The van der Waals surface area contributed by atoms with E-state index in [1.165, 1.54) is 0 Å². The van der Waals surface area contributed by atoms with Crippen LogP contribution in [0.3, 0.4) is 0 Å². The fraction of sp³-hybridized carbons (Fsp3) is 0.519. The standard InChI is InChI=1S/C27H31N7O4/c1-26(2,3)38-25(36)31-10-11-37-23(16-31)18-13-30-33(14-18)20-12-22-21(6-8-29-34(22)15-20)32-9-7-27(17-28,24(32)35)19-4-5-19/h6,8,12-15,19,23H,4-5,7,9-11,16H2,1-3H3/t23?,27-/m1/s1. The summed E-state index contributed by atoms with van der Waals surface area (Å²) in [5.74, 6) is 0.0599. The Kier molecular flexibility index (Phi) is 5.68. The minimum absolute atomic E-state index is 0.108. The maximum absolute atomic E-state index is 13.4. The summed E-state index contributed by atoms with van der Waals surface area (Å²) in [5.41, 5.74) is 1.66. The monoisotopic (exact) mass is 517 g/mol. The first-order chi connectivity index (χ1) is 18.2. The zero-order valence-corrected chi connectivity index (χ0v) is 21.8. The van der Waals surface area contributed by atoms with Gasteiger partial charge in [-0.15, -0.1) is 0 Å². The van der Waals surface area contributed by atoms with Crippen molar-refractivity contribution < 1.29 is 19.1 Å². The lowest BCUT2D eigenvalue weighted by Crippen LogP contribution is -2.44. The number of anilines is 1. The molecular formula is C27H31N7O4. The summed E-state index contributed by atoms with van der Waals surface area (Å²) in [6.07, 6.45) is 8.90. The van der Waals surface area contributed by atoms with Gasteiger partial charge in [0.25, 0.3) is 0 Å². The second kappa shape index (κ2) is 8.84. The van der Waals surface area contributed by atoms with Gasteiger partial charge in [0.15, 0.2) is 0 Å². The van der Waals surface area contributed by atoms with Crippen molar-refractivity contribution >= 4 is 23.2 Å². The lowest BCUT2D eigenvalue weighted by atomic mass is 9.83. The summed E-state index contributed by atoms with van der Waals surface area (Å²) in [5, 5.41) is 18.8. The number of nitriles is 1. The molecule has 0 aromatic carbocycles. The van der Waals surface area contributed by atoms with Crippen molar-refractivity contribution in [3.05, 3.63) is 42.5 Å². The molecule has 0 N–H and O–H groups in total. The number of nitrogens with zero attached hydrogens (tertiary/aromatic N) is 7. The fourth-order valence-electron chi connectivity index (χ4n) is 5.44. The molecule has 3 aromatic rings. The van der Waals surface area contributed by atoms with Gasteiger partial charge in [0.2, 0.25) is 5.91 Å². The second-order valence-electron chi connectivity index (χ2n) is 11.3. The zero-order valence-electron chi connectivity index (χ0n) is 21.8. The minimum Gasteiger partial charge on any atom is -0.444 e. The van der Waals surface area contributed by atoms with Crippen LogP contribution < -0.4 is 4.90 Å². The van der Waals surface area contributed by atoms with E-state index >= 15 is 0 Å². The molecule has 1 saturated carbocycles. The van der Waals surface area contributed by atoms with Gasteiger partial charge in [-0.05, 0) is 58.1 Å². The largest absolute Gasteiger partial charge is 0.444 e. The van der Waals surface area contributed by atoms with Gasteiger partial charge in [-0.1, -0.05) is 0 Å². The highest BCUT2D eigenvalue weighted by molar-refractivity contribution is 6.04. The van der Waals surface area contributed by atoms with Gasteiger partial charge in [-0.2, -0.15) is 15.5 Å². The molecule has 1 aliphatic carbocycles. The summed E-state index contributed by atoms with van der Waals surface area (Å²) in [6, 6.07) is 6.11. The summed E-state index contributed by atoms with van der Waals surface area (Å²) in [6.45, 7) is 7.32. The number of hydrogen-bond acceptors (Lipinski definition) is 7. The number of morpholine rings is 1. The topological polar surface area (TPSA) is 118 Å². The van der Waals surface area contributed by atoms with E-state index in [0.717, 1.165) is 35.3 Å². The minimum atomic E-state index is -0.903. The molecule has 38 heavy (non-hydrogen) atoms. The molecule has 0 bridgehead atoms. The molecule has 1 unspecified atom stereocenters. The van der Waals surface area contributed by atoms with E-state index in [1.807, 2.05) is 45.3 Å². The molecule has 3 aromatic heterocycles. The Balaban J connectivity index is 1.23. The van der Waals surface area contributed by atoms with Crippen LogP contribution in [0.25, 0.3) is 11.2 Å². The summed E-state index contributed by atoms with van der Waals surface area (Å²) < 4.78 is 14.9. The Morgan fingerprint density at radius 3 is 2.79 bits per heavy atom. The van der Waals surface area contributed by atoms with Crippen LogP contribution in [-0.2, 0) is 14.3 Å². The maximum Gasteiger partial charge on any atom is 0.410 e. The van der Waals surface area contributed by atoms with Crippen LogP contribution in [0.1, 0.15) is 51.7 Å². The molecular weight excluding hydrogens is 486 g/mol. The first-order valence-electron chi connectivity index (χ1n) is 13.0. The molecule has 3 aliphatic rings. The highest BCUT2D eigenvalue weighted by Gasteiger charge is 2.57. The third-order valence-corrected chi connectivity index (χ3v) is 7.55. The van der Waals surface area contributed by atoms with Gasteiger partial charge in [0.1, 0.15) is 17.1 Å². The Morgan fingerprint density at radius 2 is 2.05 bits per heavy atom. The van der Waals surface area contributed by atoms with Crippen LogP contribution in [0.5, 0.6) is 0 Å². The lowest BCUT2D eigenvalue weighted by molar-refractivity contribution is -0.123. The Morgan fingerprint density at radius 1 is 1.24 bits per heavy atom. The number of hydrogen-bond donors (Lipinski definition) is 0. The molecule has 11 heteroatoms. The van der Waals surface area contributed by atoms with E-state index in [2.05, 4.69) is 16.3 Å². The van der Waals surface area contributed by atoms with E-state index in [1.54, 1.807) is 31.4 Å². The fourth-order valence-corrected chi connectivity index (χ4v) is 5.44. The third kappa shape index (κ3) is 4.19. The van der Waals surface area contributed by atoms with Crippen molar-refractivity contribution in [1.82, 2.24) is 24.3 Å². The number of carbonyl (C=O) groups excluding carboxylic acids is 2. The van der Waals surface area contributed by atoms with Crippen molar-refractivity contribution in [2.24, 2.45) is 11.3 Å². The average Bonchev–Trinajstić information content (AvgIpc) is 3.32. The molecule has 2 aliphatic heterocycles. The molecule has 6 rings (SSSR count). The first-order valence-corrected chi connectivity index (χ1v) is 13.0.